The van der Waals surface area contributed by atoms with Gasteiger partial charge in [0.05, 0.1) is 4.92 Å². The Morgan fingerprint density at radius 2 is 2.12 bits per heavy atom. The third-order valence-electron chi connectivity index (χ3n) is 2.06. The van der Waals surface area contributed by atoms with Crippen LogP contribution in [0.5, 0.6) is 0 Å². The predicted molar refractivity (Wildman–Crippen MR) is 60.8 cm³/mol. The van der Waals surface area contributed by atoms with E-state index in [1.54, 1.807) is 31.1 Å². The topological polar surface area (TPSA) is 63.5 Å². The zero-order valence-electron chi connectivity index (χ0n) is 9.08. The van der Waals surface area contributed by atoms with Crippen molar-refractivity contribution in [1.29, 1.82) is 0 Å². The van der Waals surface area contributed by atoms with Gasteiger partial charge in [-0.2, -0.15) is 0 Å². The fraction of sp³-hybridized carbons (Fsp3) is 0.182. The zero-order valence-corrected chi connectivity index (χ0v) is 9.08. The maximum atomic E-state index is 10.6. The molecular formula is C11H12N2O3. The molecule has 0 aromatic heterocycles. The molecule has 0 saturated carbocycles. The van der Waals surface area contributed by atoms with Crippen LogP contribution in [0.25, 0.3) is 5.70 Å². The number of carbonyl (C=O) groups is 1. The van der Waals surface area contributed by atoms with Crippen molar-refractivity contribution in [1.82, 2.24) is 4.90 Å². The Balaban J connectivity index is 3.20. The Morgan fingerprint density at radius 1 is 1.44 bits per heavy atom. The van der Waals surface area contributed by atoms with Crippen LogP contribution in [0.15, 0.2) is 30.3 Å². The molecule has 1 aromatic rings. The standard InChI is InChI=1S/C11H12N2O3/c1-12(2)11(6-7-14)9-4-3-5-10(8-9)13(15)16/h3-8H,1-2H3. The fourth-order valence-electron chi connectivity index (χ4n) is 1.35. The molecule has 0 fully saturated rings. The molecule has 1 rings (SSSR count). The summed E-state index contributed by atoms with van der Waals surface area (Å²) < 4.78 is 0. The van der Waals surface area contributed by atoms with Crippen molar-refractivity contribution in [2.45, 2.75) is 0 Å². The molecule has 0 saturated heterocycles. The molecule has 0 N–H and O–H groups in total. The summed E-state index contributed by atoms with van der Waals surface area (Å²) in [7, 11) is 3.54. The van der Waals surface area contributed by atoms with Gasteiger partial charge in [-0.1, -0.05) is 12.1 Å². The highest BCUT2D eigenvalue weighted by atomic mass is 16.6. The van der Waals surface area contributed by atoms with Gasteiger partial charge < -0.3 is 4.90 Å². The Hall–Kier alpha value is -2.17. The van der Waals surface area contributed by atoms with Crippen LogP contribution in [0.4, 0.5) is 5.69 Å². The molecule has 1 aromatic carbocycles. The Kier molecular flexibility index (Phi) is 3.77. The largest absolute Gasteiger partial charge is 0.377 e. The van der Waals surface area contributed by atoms with Crippen LogP contribution >= 0.6 is 0 Å². The van der Waals surface area contributed by atoms with Crippen molar-refractivity contribution in [2.24, 2.45) is 0 Å². The Bertz CT molecular complexity index is 439. The fourth-order valence-corrected chi connectivity index (χ4v) is 1.35. The van der Waals surface area contributed by atoms with E-state index >= 15 is 0 Å². The van der Waals surface area contributed by atoms with Crippen LogP contribution in [0.3, 0.4) is 0 Å². The van der Waals surface area contributed by atoms with Crippen molar-refractivity contribution in [3.8, 4) is 0 Å². The SMILES string of the molecule is CN(C)C(=CC=O)c1cccc([N+](=O)[O-])c1. The van der Waals surface area contributed by atoms with Gasteiger partial charge in [0.1, 0.15) is 6.29 Å². The number of nitro benzene ring substituents is 1. The number of benzene rings is 1. The van der Waals surface area contributed by atoms with E-state index in [1.165, 1.54) is 18.2 Å². The minimum absolute atomic E-state index is 0.0103. The predicted octanol–water partition coefficient (Wildman–Crippen LogP) is 1.70. The summed E-state index contributed by atoms with van der Waals surface area (Å²) in [5, 5.41) is 10.6. The second-order valence-corrected chi connectivity index (χ2v) is 3.39. The van der Waals surface area contributed by atoms with E-state index in [2.05, 4.69) is 0 Å². The van der Waals surface area contributed by atoms with Gasteiger partial charge in [0.25, 0.3) is 5.69 Å². The third kappa shape index (κ3) is 2.66. The lowest BCUT2D eigenvalue weighted by molar-refractivity contribution is -0.384. The summed E-state index contributed by atoms with van der Waals surface area (Å²) >= 11 is 0. The normalized spacial score (nSPS) is 11.0. The minimum Gasteiger partial charge on any atom is -0.377 e. The van der Waals surface area contributed by atoms with Crippen LogP contribution in [0.1, 0.15) is 5.56 Å². The molecule has 5 nitrogen and oxygen atoms in total. The van der Waals surface area contributed by atoms with E-state index in [1.807, 2.05) is 0 Å². The molecule has 0 atom stereocenters. The summed E-state index contributed by atoms with van der Waals surface area (Å²) in [5.74, 6) is 0. The van der Waals surface area contributed by atoms with Crippen LogP contribution in [-0.4, -0.2) is 30.2 Å². The first-order valence-corrected chi connectivity index (χ1v) is 4.64. The van der Waals surface area contributed by atoms with Crippen molar-refractivity contribution in [2.75, 3.05) is 14.1 Å². The molecule has 0 bridgehead atoms. The lowest BCUT2D eigenvalue weighted by Crippen LogP contribution is -2.10. The van der Waals surface area contributed by atoms with Crippen LogP contribution in [-0.2, 0) is 4.79 Å². The van der Waals surface area contributed by atoms with Gasteiger partial charge in [-0.15, -0.1) is 0 Å². The van der Waals surface area contributed by atoms with Crippen molar-refractivity contribution < 1.29 is 9.72 Å². The number of hydrogen-bond donors (Lipinski definition) is 0. The van der Waals surface area contributed by atoms with Gasteiger partial charge in [0.15, 0.2) is 0 Å². The second-order valence-electron chi connectivity index (χ2n) is 3.39. The average Bonchev–Trinajstić information content (AvgIpc) is 2.25. The molecule has 0 unspecified atom stereocenters. The van der Waals surface area contributed by atoms with Crippen LogP contribution in [0, 0.1) is 10.1 Å². The third-order valence-corrected chi connectivity index (χ3v) is 2.06. The molecule has 0 amide bonds. The maximum absolute atomic E-state index is 10.6. The molecule has 0 spiro atoms. The van der Waals surface area contributed by atoms with Gasteiger partial charge in [-0.3, -0.25) is 14.9 Å². The van der Waals surface area contributed by atoms with E-state index in [0.29, 0.717) is 17.5 Å². The highest BCUT2D eigenvalue weighted by Gasteiger charge is 2.09. The summed E-state index contributed by atoms with van der Waals surface area (Å²) in [6, 6.07) is 6.17. The number of carbonyl (C=O) groups excluding carboxylic acids is 1. The molecule has 16 heavy (non-hydrogen) atoms. The number of nitro groups is 1. The quantitative estimate of drug-likeness (QED) is 0.335. The number of non-ortho nitro benzene ring substituents is 1. The molecule has 0 heterocycles. The van der Waals surface area contributed by atoms with Gasteiger partial charge in [0, 0.05) is 43.6 Å². The van der Waals surface area contributed by atoms with Crippen LogP contribution in [0.2, 0.25) is 0 Å². The first kappa shape index (κ1) is 11.9. The van der Waals surface area contributed by atoms with Crippen molar-refractivity contribution in [3.05, 3.63) is 46.0 Å². The van der Waals surface area contributed by atoms with E-state index < -0.39 is 4.92 Å². The summed E-state index contributed by atoms with van der Waals surface area (Å²) in [5.41, 5.74) is 1.29. The zero-order chi connectivity index (χ0) is 12.1. The summed E-state index contributed by atoms with van der Waals surface area (Å²) in [6.07, 6.45) is 2.03. The Labute approximate surface area is 93.1 Å². The lowest BCUT2D eigenvalue weighted by Gasteiger charge is -2.16. The monoisotopic (exact) mass is 220 g/mol. The summed E-state index contributed by atoms with van der Waals surface area (Å²) in [4.78, 5) is 22.4. The molecular weight excluding hydrogens is 208 g/mol. The minimum atomic E-state index is -0.461. The van der Waals surface area contributed by atoms with Gasteiger partial charge in [-0.05, 0) is 0 Å². The number of aldehydes is 1. The molecule has 0 aliphatic carbocycles. The first-order chi connectivity index (χ1) is 7.56. The average molecular weight is 220 g/mol. The van der Waals surface area contributed by atoms with Gasteiger partial charge >= 0.3 is 0 Å². The molecule has 0 aliphatic heterocycles. The van der Waals surface area contributed by atoms with Crippen LogP contribution < -0.4 is 0 Å². The molecule has 0 aliphatic rings. The van der Waals surface area contributed by atoms with E-state index in [9.17, 15) is 14.9 Å². The number of hydrogen-bond acceptors (Lipinski definition) is 4. The second kappa shape index (κ2) is 5.06. The molecule has 5 heteroatoms. The number of allylic oxidation sites excluding steroid dienone is 1. The lowest BCUT2D eigenvalue weighted by atomic mass is 10.1. The van der Waals surface area contributed by atoms with Gasteiger partial charge in [-0.25, -0.2) is 0 Å². The number of rotatable bonds is 4. The summed E-state index contributed by atoms with van der Waals surface area (Å²) in [6.45, 7) is 0. The molecule has 84 valence electrons. The van der Waals surface area contributed by atoms with Gasteiger partial charge in [0.2, 0.25) is 0 Å². The maximum Gasteiger partial charge on any atom is 0.270 e. The van der Waals surface area contributed by atoms with E-state index in [-0.39, 0.29) is 5.69 Å². The smallest absolute Gasteiger partial charge is 0.270 e. The van der Waals surface area contributed by atoms with Crippen molar-refractivity contribution >= 4 is 17.7 Å². The highest BCUT2D eigenvalue weighted by Crippen LogP contribution is 2.21. The number of nitrogens with zero attached hydrogens (tertiary/aromatic N) is 2. The Morgan fingerprint density at radius 3 is 2.62 bits per heavy atom. The van der Waals surface area contributed by atoms with E-state index in [0.717, 1.165) is 0 Å². The first-order valence-electron chi connectivity index (χ1n) is 4.64. The van der Waals surface area contributed by atoms with Crippen molar-refractivity contribution in [3.63, 3.8) is 0 Å². The highest BCUT2D eigenvalue weighted by molar-refractivity contribution is 5.81. The van der Waals surface area contributed by atoms with E-state index in [4.69, 9.17) is 0 Å². The molecule has 0 radical (unpaired) electrons.